The van der Waals surface area contributed by atoms with Gasteiger partial charge >= 0.3 is 5.97 Å². The summed E-state index contributed by atoms with van der Waals surface area (Å²) in [4.78, 5) is 20.3. The van der Waals surface area contributed by atoms with Crippen LogP contribution in [0.4, 0.5) is 0 Å². The van der Waals surface area contributed by atoms with Crippen LogP contribution in [0.25, 0.3) is 22.3 Å². The normalized spacial score (nSPS) is 12.8. The molecule has 0 bridgehead atoms. The molecule has 0 amide bonds. The summed E-state index contributed by atoms with van der Waals surface area (Å²) in [6.45, 7) is 0. The maximum atomic E-state index is 11.5. The van der Waals surface area contributed by atoms with Gasteiger partial charge < -0.3 is 4.74 Å². The van der Waals surface area contributed by atoms with Crippen LogP contribution in [0.3, 0.4) is 0 Å². The van der Waals surface area contributed by atoms with Gasteiger partial charge in [-0.15, -0.1) is 0 Å². The van der Waals surface area contributed by atoms with Crippen molar-refractivity contribution in [1.29, 1.82) is 0 Å². The zero-order valence-corrected chi connectivity index (χ0v) is 19.9. The molecule has 0 N–H and O–H groups in total. The fourth-order valence-corrected chi connectivity index (χ4v) is 5.02. The Morgan fingerprint density at radius 3 is 1.94 bits per heavy atom. The molecule has 0 radical (unpaired) electrons. The third-order valence-electron chi connectivity index (χ3n) is 6.22. The number of aromatic nitrogens is 2. The molecule has 2 heterocycles. The molecule has 0 unspecified atom stereocenters. The molecule has 0 saturated heterocycles. The lowest BCUT2D eigenvalue weighted by Crippen LogP contribution is -2.08. The number of ether oxygens (including phenoxy) is 1. The highest BCUT2D eigenvalue weighted by molar-refractivity contribution is 9.10. The average molecular weight is 499 g/mol. The Morgan fingerprint density at radius 1 is 0.758 bits per heavy atom. The smallest absolute Gasteiger partial charge is 0.337 e. The van der Waals surface area contributed by atoms with Crippen molar-refractivity contribution in [3.63, 3.8) is 0 Å². The number of nitrogens with zero attached hydrogens (tertiary/aromatic N) is 2. The first-order chi connectivity index (χ1) is 16.1. The molecular formula is C28H23BrN2O2. The molecule has 4 aromatic rings. The first kappa shape index (κ1) is 21.5. The molecule has 33 heavy (non-hydrogen) atoms. The highest BCUT2D eigenvalue weighted by atomic mass is 79.9. The Balaban J connectivity index is 0.000000140. The topological polar surface area (TPSA) is 52.1 Å². The Bertz CT molecular complexity index is 1350. The average Bonchev–Trinajstić information content (AvgIpc) is 2.88. The monoisotopic (exact) mass is 498 g/mol. The number of aryl methyl sites for hydroxylation is 4. The van der Waals surface area contributed by atoms with Crippen LogP contribution in [0.2, 0.25) is 0 Å². The molecule has 0 spiro atoms. The SMILES string of the molecule is Brc1ccc2c(c1)CCc1ncccc1-2.COC(=O)c1ccc2c(c1)CCc1ncccc1-2. The molecule has 6 rings (SSSR count). The van der Waals surface area contributed by atoms with Crippen molar-refractivity contribution in [2.45, 2.75) is 25.7 Å². The number of carbonyl (C=O) groups excluding carboxylic acids is 1. The maximum Gasteiger partial charge on any atom is 0.337 e. The van der Waals surface area contributed by atoms with Gasteiger partial charge in [-0.2, -0.15) is 0 Å². The van der Waals surface area contributed by atoms with Gasteiger partial charge in [-0.1, -0.05) is 40.2 Å². The number of rotatable bonds is 1. The summed E-state index contributed by atoms with van der Waals surface area (Å²) in [6, 6.07) is 20.4. The van der Waals surface area contributed by atoms with Gasteiger partial charge in [-0.3, -0.25) is 9.97 Å². The van der Waals surface area contributed by atoms with Crippen LogP contribution in [0.5, 0.6) is 0 Å². The fourth-order valence-electron chi connectivity index (χ4n) is 4.61. The lowest BCUT2D eigenvalue weighted by Gasteiger charge is -2.19. The van der Waals surface area contributed by atoms with Crippen molar-refractivity contribution in [3.05, 3.63) is 106 Å². The van der Waals surface area contributed by atoms with Crippen molar-refractivity contribution in [2.75, 3.05) is 7.11 Å². The summed E-state index contributed by atoms with van der Waals surface area (Å²) in [5.41, 5.74) is 10.6. The number of halogens is 1. The van der Waals surface area contributed by atoms with Gasteiger partial charge in [-0.05, 0) is 84.3 Å². The van der Waals surface area contributed by atoms with E-state index in [1.165, 1.54) is 46.2 Å². The second-order valence-corrected chi connectivity index (χ2v) is 9.08. The Morgan fingerprint density at radius 2 is 1.33 bits per heavy atom. The van der Waals surface area contributed by atoms with E-state index < -0.39 is 0 Å². The van der Waals surface area contributed by atoms with Crippen LogP contribution in [-0.2, 0) is 30.4 Å². The predicted octanol–water partition coefficient (Wildman–Crippen LogP) is 6.24. The highest BCUT2D eigenvalue weighted by Gasteiger charge is 2.18. The van der Waals surface area contributed by atoms with Gasteiger partial charge in [0.15, 0.2) is 0 Å². The molecule has 2 aromatic carbocycles. The minimum Gasteiger partial charge on any atom is -0.465 e. The van der Waals surface area contributed by atoms with E-state index in [0.29, 0.717) is 5.56 Å². The van der Waals surface area contributed by atoms with Crippen molar-refractivity contribution >= 4 is 21.9 Å². The van der Waals surface area contributed by atoms with Gasteiger partial charge in [0.2, 0.25) is 0 Å². The summed E-state index contributed by atoms with van der Waals surface area (Å²) < 4.78 is 5.91. The molecule has 0 atom stereocenters. The Hall–Kier alpha value is -3.31. The molecule has 0 saturated carbocycles. The number of fused-ring (bicyclic) bond motifs is 6. The van der Waals surface area contributed by atoms with Gasteiger partial charge in [0.05, 0.1) is 12.7 Å². The minimum atomic E-state index is -0.283. The predicted molar refractivity (Wildman–Crippen MR) is 133 cm³/mol. The van der Waals surface area contributed by atoms with Gasteiger partial charge in [-0.25, -0.2) is 4.79 Å². The summed E-state index contributed by atoms with van der Waals surface area (Å²) in [5.74, 6) is -0.283. The molecule has 164 valence electrons. The molecule has 2 aliphatic rings. The number of methoxy groups -OCH3 is 1. The zero-order valence-electron chi connectivity index (χ0n) is 18.3. The number of pyridine rings is 2. The third-order valence-corrected chi connectivity index (χ3v) is 6.71. The molecule has 0 fully saturated rings. The lowest BCUT2D eigenvalue weighted by molar-refractivity contribution is 0.0600. The van der Waals surface area contributed by atoms with Crippen LogP contribution in [0, 0.1) is 0 Å². The Kier molecular flexibility index (Phi) is 6.05. The minimum absolute atomic E-state index is 0.283. The third kappa shape index (κ3) is 4.33. The maximum absolute atomic E-state index is 11.5. The summed E-state index contributed by atoms with van der Waals surface area (Å²) in [5, 5.41) is 0. The Labute approximate surface area is 201 Å². The lowest BCUT2D eigenvalue weighted by atomic mass is 9.87. The van der Waals surface area contributed by atoms with Gasteiger partial charge in [0.25, 0.3) is 0 Å². The molecule has 4 nitrogen and oxygen atoms in total. The van der Waals surface area contributed by atoms with E-state index in [2.05, 4.69) is 56.2 Å². The van der Waals surface area contributed by atoms with Crippen molar-refractivity contribution in [1.82, 2.24) is 9.97 Å². The number of carbonyl (C=O) groups is 1. The van der Waals surface area contributed by atoms with Crippen LogP contribution in [-0.4, -0.2) is 23.0 Å². The van der Waals surface area contributed by atoms with E-state index in [1.807, 2.05) is 42.7 Å². The summed E-state index contributed by atoms with van der Waals surface area (Å²) in [7, 11) is 1.40. The van der Waals surface area contributed by atoms with Crippen molar-refractivity contribution < 1.29 is 9.53 Å². The first-order valence-corrected chi connectivity index (χ1v) is 11.8. The highest BCUT2D eigenvalue weighted by Crippen LogP contribution is 2.34. The molecule has 2 aliphatic carbocycles. The van der Waals surface area contributed by atoms with Gasteiger partial charge in [0.1, 0.15) is 0 Å². The van der Waals surface area contributed by atoms with Crippen LogP contribution >= 0.6 is 15.9 Å². The van der Waals surface area contributed by atoms with Crippen LogP contribution in [0.1, 0.15) is 32.9 Å². The largest absolute Gasteiger partial charge is 0.465 e. The van der Waals surface area contributed by atoms with E-state index in [9.17, 15) is 4.79 Å². The quantitative estimate of drug-likeness (QED) is 0.291. The fraction of sp³-hybridized carbons (Fsp3) is 0.179. The zero-order chi connectivity index (χ0) is 22.8. The van der Waals surface area contributed by atoms with Crippen LogP contribution in [0.15, 0.2) is 77.5 Å². The van der Waals surface area contributed by atoms with E-state index in [4.69, 9.17) is 4.74 Å². The van der Waals surface area contributed by atoms with E-state index in [-0.39, 0.29) is 5.97 Å². The molecule has 0 aliphatic heterocycles. The summed E-state index contributed by atoms with van der Waals surface area (Å²) in [6.07, 6.45) is 7.70. The molecule has 5 heteroatoms. The number of esters is 1. The van der Waals surface area contributed by atoms with Crippen molar-refractivity contribution in [2.24, 2.45) is 0 Å². The standard InChI is InChI=1S/C15H13NO2.C13H10BrN/c1-18-15(17)11-4-6-12-10(9-11)5-7-14-13(12)3-2-8-16-14;14-10-4-5-11-9(8-10)3-6-13-12(11)2-1-7-15-13/h2-4,6,8-9H,5,7H2,1H3;1-2,4-5,7-8H,3,6H2. The number of hydrogen-bond acceptors (Lipinski definition) is 4. The molecule has 2 aromatic heterocycles. The molecular weight excluding hydrogens is 476 g/mol. The second kappa shape index (κ2) is 9.28. The van der Waals surface area contributed by atoms with E-state index in [0.717, 1.165) is 35.8 Å². The van der Waals surface area contributed by atoms with Crippen molar-refractivity contribution in [3.8, 4) is 22.3 Å². The number of hydrogen-bond donors (Lipinski definition) is 0. The summed E-state index contributed by atoms with van der Waals surface area (Å²) >= 11 is 3.51. The van der Waals surface area contributed by atoms with Crippen LogP contribution < -0.4 is 0 Å². The van der Waals surface area contributed by atoms with Gasteiger partial charge in [0, 0.05) is 39.4 Å². The first-order valence-electron chi connectivity index (χ1n) is 11.0. The number of benzene rings is 2. The second-order valence-electron chi connectivity index (χ2n) is 8.16. The van der Waals surface area contributed by atoms with E-state index in [1.54, 1.807) is 0 Å². The van der Waals surface area contributed by atoms with E-state index >= 15 is 0 Å².